The molecule has 0 spiro atoms. The molecule has 0 fully saturated rings. The van der Waals surface area contributed by atoms with Crippen molar-refractivity contribution < 1.29 is 47.8 Å². The number of hydrogen-bond donors (Lipinski definition) is 1. The first-order chi connectivity index (χ1) is 27.4. The lowest BCUT2D eigenvalue weighted by Crippen LogP contribution is -2.29. The lowest BCUT2D eigenvalue weighted by molar-refractivity contribution is 0.00442. The number of fused-ring (bicyclic) bond motifs is 3. The van der Waals surface area contributed by atoms with Crippen molar-refractivity contribution in [2.45, 2.75) is 32.3 Å². The van der Waals surface area contributed by atoms with Crippen LogP contribution in [0.15, 0.2) is 81.7 Å². The smallest absolute Gasteiger partial charge is 0.341 e. The van der Waals surface area contributed by atoms with E-state index in [4.69, 9.17) is 43.0 Å². The van der Waals surface area contributed by atoms with Crippen molar-refractivity contribution in [3.8, 4) is 16.9 Å². The summed E-state index contributed by atoms with van der Waals surface area (Å²) < 4.78 is 46.8. The zero-order chi connectivity index (χ0) is 39.8. The fourth-order valence-corrected chi connectivity index (χ4v) is 7.73. The number of ether oxygens (including phenoxy) is 8. The van der Waals surface area contributed by atoms with Gasteiger partial charge in [0.2, 0.25) is 0 Å². The summed E-state index contributed by atoms with van der Waals surface area (Å²) in [5, 5.41) is 8.86. The molecule has 0 heterocycles. The summed E-state index contributed by atoms with van der Waals surface area (Å²) in [6.45, 7) is 9.17. The van der Waals surface area contributed by atoms with E-state index in [1.165, 1.54) is 0 Å². The Kier molecular flexibility index (Phi) is 17.8. The topological polar surface area (TPSA) is 111 Å². The molecule has 0 atom stereocenters. The highest BCUT2D eigenvalue weighted by molar-refractivity contribution is 9.10. The second-order valence-corrected chi connectivity index (χ2v) is 14.8. The van der Waals surface area contributed by atoms with E-state index in [1.54, 1.807) is 14.0 Å². The number of methoxy groups -OCH3 is 1. The van der Waals surface area contributed by atoms with Gasteiger partial charge < -0.3 is 43.0 Å². The Morgan fingerprint density at radius 2 is 1.18 bits per heavy atom. The van der Waals surface area contributed by atoms with Gasteiger partial charge in [-0.2, -0.15) is 0 Å². The Morgan fingerprint density at radius 1 is 0.625 bits per heavy atom. The zero-order valence-electron chi connectivity index (χ0n) is 32.4. The molecule has 0 amide bonds. The van der Waals surface area contributed by atoms with Crippen LogP contribution in [0.3, 0.4) is 0 Å². The fourth-order valence-electron chi connectivity index (χ4n) is 7.00. The first-order valence-electron chi connectivity index (χ1n) is 19.0. The third-order valence-corrected chi connectivity index (χ3v) is 10.5. The molecule has 302 valence electrons. The molecule has 4 aromatic rings. The van der Waals surface area contributed by atoms with Gasteiger partial charge >= 0.3 is 5.97 Å². The number of carbonyl (C=O) groups excluding carboxylic acids is 1. The third kappa shape index (κ3) is 10.9. The molecule has 0 aliphatic heterocycles. The van der Waals surface area contributed by atoms with Gasteiger partial charge in [-0.3, -0.25) is 0 Å². The molecule has 0 radical (unpaired) electrons. The van der Waals surface area contributed by atoms with Crippen LogP contribution in [0.4, 0.5) is 0 Å². The molecule has 1 aliphatic carbocycles. The van der Waals surface area contributed by atoms with E-state index >= 15 is 0 Å². The molecule has 0 saturated carbocycles. The normalized spacial score (nSPS) is 12.8. The Bertz CT molecular complexity index is 1810. The van der Waals surface area contributed by atoms with Crippen molar-refractivity contribution in [3.63, 3.8) is 0 Å². The maximum Gasteiger partial charge on any atom is 0.341 e. The van der Waals surface area contributed by atoms with Gasteiger partial charge in [-0.05, 0) is 94.3 Å². The second-order valence-electron chi connectivity index (χ2n) is 13.0. The molecular weight excluding hydrogens is 848 g/mol. The van der Waals surface area contributed by atoms with E-state index in [2.05, 4.69) is 99.4 Å². The van der Waals surface area contributed by atoms with E-state index in [0.717, 1.165) is 59.9 Å². The molecule has 12 heteroatoms. The van der Waals surface area contributed by atoms with Crippen LogP contribution in [0.25, 0.3) is 11.1 Å². The third-order valence-electron chi connectivity index (χ3n) is 9.52. The maximum atomic E-state index is 13.7. The van der Waals surface area contributed by atoms with E-state index in [9.17, 15) is 4.79 Å². The molecule has 56 heavy (non-hydrogen) atoms. The van der Waals surface area contributed by atoms with Crippen LogP contribution in [-0.2, 0) is 51.6 Å². The minimum Gasteiger partial charge on any atom is -0.490 e. The maximum absolute atomic E-state index is 13.7. The van der Waals surface area contributed by atoms with Gasteiger partial charge in [-0.25, -0.2) is 4.79 Å². The number of rotatable bonds is 25. The molecule has 1 N–H and O–H groups in total. The predicted octanol–water partition coefficient (Wildman–Crippen LogP) is 7.91. The lowest BCUT2D eigenvalue weighted by Gasteiger charge is -2.35. The number of benzene rings is 4. The van der Waals surface area contributed by atoms with Crippen LogP contribution in [-0.4, -0.2) is 104 Å². The highest BCUT2D eigenvalue weighted by Crippen LogP contribution is 2.57. The second kappa shape index (κ2) is 22.7. The van der Waals surface area contributed by atoms with Crippen molar-refractivity contribution in [2.75, 3.05) is 93.0 Å². The summed E-state index contributed by atoms with van der Waals surface area (Å²) >= 11 is 7.56. The molecule has 10 nitrogen and oxygen atoms in total. The number of aliphatic hydroxyl groups excluding tert-OH is 1. The molecule has 0 aromatic heterocycles. The van der Waals surface area contributed by atoms with Crippen molar-refractivity contribution in [1.82, 2.24) is 0 Å². The first-order valence-corrected chi connectivity index (χ1v) is 20.6. The van der Waals surface area contributed by atoms with Crippen LogP contribution >= 0.6 is 31.9 Å². The number of aryl methyl sites for hydroxylation is 1. The highest BCUT2D eigenvalue weighted by Gasteiger charge is 2.47. The summed E-state index contributed by atoms with van der Waals surface area (Å²) in [6, 6.07) is 25.3. The molecule has 0 saturated heterocycles. The van der Waals surface area contributed by atoms with Crippen molar-refractivity contribution in [3.05, 3.63) is 121 Å². The molecule has 1 aliphatic rings. The summed E-state index contributed by atoms with van der Waals surface area (Å²) in [7, 11) is 1.64. The van der Waals surface area contributed by atoms with Crippen LogP contribution in [0.5, 0.6) is 5.75 Å². The zero-order valence-corrected chi connectivity index (χ0v) is 35.6. The summed E-state index contributed by atoms with van der Waals surface area (Å²) in [4.78, 5) is 13.7. The van der Waals surface area contributed by atoms with Crippen molar-refractivity contribution in [1.29, 1.82) is 0 Å². The number of hydrogen-bond acceptors (Lipinski definition) is 10. The van der Waals surface area contributed by atoms with Gasteiger partial charge in [0.05, 0.1) is 91.3 Å². The predicted molar refractivity (Wildman–Crippen MR) is 222 cm³/mol. The first kappa shape index (κ1) is 43.9. The summed E-state index contributed by atoms with van der Waals surface area (Å²) in [5.74, 6) is -0.0371. The fraction of sp³-hybridized carbons (Fsp3) is 0.432. The van der Waals surface area contributed by atoms with E-state index in [-0.39, 0.29) is 19.8 Å². The van der Waals surface area contributed by atoms with Gasteiger partial charge in [0.15, 0.2) is 0 Å². The van der Waals surface area contributed by atoms with Gasteiger partial charge in [-0.15, -0.1) is 0 Å². The van der Waals surface area contributed by atoms with Gasteiger partial charge in [0.25, 0.3) is 0 Å². The Balaban J connectivity index is 1.50. The molecule has 4 aromatic carbocycles. The molecule has 5 rings (SSSR count). The highest BCUT2D eigenvalue weighted by atomic mass is 79.9. The Hall–Kier alpha value is -3.17. The van der Waals surface area contributed by atoms with Gasteiger partial charge in [-0.1, -0.05) is 75.2 Å². The van der Waals surface area contributed by atoms with Crippen LogP contribution < -0.4 is 4.74 Å². The summed E-state index contributed by atoms with van der Waals surface area (Å²) in [6.07, 6.45) is 0.792. The average Bonchev–Trinajstić information content (AvgIpc) is 3.48. The van der Waals surface area contributed by atoms with Gasteiger partial charge in [0.1, 0.15) is 17.9 Å². The monoisotopic (exact) mass is 898 g/mol. The average molecular weight is 901 g/mol. The molecule has 0 unspecified atom stereocenters. The quantitative estimate of drug-likeness (QED) is 0.0459. The number of esters is 1. The van der Waals surface area contributed by atoms with E-state index in [1.807, 2.05) is 12.1 Å². The van der Waals surface area contributed by atoms with E-state index < -0.39 is 11.4 Å². The minimum atomic E-state index is -0.806. The van der Waals surface area contributed by atoms with E-state index in [0.29, 0.717) is 84.0 Å². The van der Waals surface area contributed by atoms with Crippen LogP contribution in [0.1, 0.15) is 57.6 Å². The molecular formula is C44H52Br2O10. The largest absolute Gasteiger partial charge is 0.490 e. The number of aliphatic hydroxyl groups is 1. The van der Waals surface area contributed by atoms with Crippen LogP contribution in [0.2, 0.25) is 0 Å². The lowest BCUT2D eigenvalue weighted by atomic mass is 9.67. The van der Waals surface area contributed by atoms with Crippen molar-refractivity contribution in [2.24, 2.45) is 0 Å². The standard InChI is InChI=1S/C44H52Br2O10/c1-4-31-26-33(7-6-32(31)30-54-23-22-52-19-18-50-15-14-47)44(40-28-35(45)9-11-37(40)38-12-10-36(46)29-41(38)44)34-8-13-42(39(27-34)43(48)55-5-2)56-25-24-53-21-20-51-17-16-49-3/h6-13,26-29,47H,4-5,14-25,30H2,1-3H3. The minimum absolute atomic E-state index is 0.00296. The van der Waals surface area contributed by atoms with Gasteiger partial charge in [0, 0.05) is 16.1 Å². The summed E-state index contributed by atoms with van der Waals surface area (Å²) in [5.41, 5.74) is 8.17. The number of halogens is 2. The molecule has 0 bridgehead atoms. The van der Waals surface area contributed by atoms with Crippen molar-refractivity contribution >= 4 is 37.8 Å². The Labute approximate surface area is 346 Å². The SMILES string of the molecule is CCOC(=O)c1cc(C2(c3ccc(COCCOCCOCCO)c(CC)c3)c3cc(Br)ccc3-c3ccc(Br)cc32)ccc1OCCOCCOCCOC. The number of carbonyl (C=O) groups is 1. The van der Waals surface area contributed by atoms with Crippen LogP contribution in [0, 0.1) is 0 Å². The Morgan fingerprint density at radius 3 is 1.77 bits per heavy atom.